The van der Waals surface area contributed by atoms with Crippen LogP contribution in [0.4, 0.5) is 5.69 Å². The molecule has 4 rings (SSSR count). The summed E-state index contributed by atoms with van der Waals surface area (Å²) in [5.74, 6) is -0.937. The highest BCUT2D eigenvalue weighted by atomic mass is 79.9. The molecule has 1 fully saturated rings. The van der Waals surface area contributed by atoms with Gasteiger partial charge in [-0.2, -0.15) is 0 Å². The number of fused-ring (bicyclic) bond motifs is 1. The SMILES string of the molecule is Cc1c(/C=C2/C(=O)NC(=S)N(c3cccc(Br)c3)C2=O)c2ccccc2n1C. The number of rotatable bonds is 2. The van der Waals surface area contributed by atoms with Gasteiger partial charge in [-0.1, -0.05) is 40.2 Å². The number of nitrogens with zero attached hydrogens (tertiary/aromatic N) is 2. The molecule has 1 N–H and O–H groups in total. The molecule has 0 unspecified atom stereocenters. The summed E-state index contributed by atoms with van der Waals surface area (Å²) in [6.07, 6.45) is 1.65. The van der Waals surface area contributed by atoms with Crippen LogP contribution in [0.2, 0.25) is 0 Å². The number of amides is 2. The lowest BCUT2D eigenvalue weighted by Gasteiger charge is -2.29. The molecule has 0 saturated carbocycles. The maximum Gasteiger partial charge on any atom is 0.270 e. The van der Waals surface area contributed by atoms with Crippen LogP contribution in [0.5, 0.6) is 0 Å². The Morgan fingerprint density at radius 2 is 1.86 bits per heavy atom. The normalized spacial score (nSPS) is 16.2. The number of anilines is 1. The topological polar surface area (TPSA) is 54.3 Å². The Bertz CT molecular complexity index is 1200. The molecule has 5 nitrogen and oxygen atoms in total. The van der Waals surface area contributed by atoms with E-state index < -0.39 is 11.8 Å². The minimum Gasteiger partial charge on any atom is -0.347 e. The molecule has 2 aromatic carbocycles. The van der Waals surface area contributed by atoms with Crippen molar-refractivity contribution < 1.29 is 9.59 Å². The van der Waals surface area contributed by atoms with Crippen LogP contribution < -0.4 is 10.2 Å². The zero-order valence-electron chi connectivity index (χ0n) is 15.2. The van der Waals surface area contributed by atoms with Gasteiger partial charge in [0.25, 0.3) is 11.8 Å². The molecule has 1 aliphatic rings. The largest absolute Gasteiger partial charge is 0.347 e. The highest BCUT2D eigenvalue weighted by molar-refractivity contribution is 9.10. The van der Waals surface area contributed by atoms with Gasteiger partial charge in [-0.25, -0.2) is 0 Å². The van der Waals surface area contributed by atoms with Crippen LogP contribution in [0.15, 0.2) is 58.6 Å². The van der Waals surface area contributed by atoms with E-state index in [2.05, 4.69) is 21.2 Å². The van der Waals surface area contributed by atoms with Gasteiger partial charge in [0, 0.05) is 33.7 Å². The highest BCUT2D eigenvalue weighted by Crippen LogP contribution is 2.29. The number of benzene rings is 2. The van der Waals surface area contributed by atoms with Crippen molar-refractivity contribution in [1.82, 2.24) is 9.88 Å². The van der Waals surface area contributed by atoms with Gasteiger partial charge in [-0.3, -0.25) is 19.8 Å². The van der Waals surface area contributed by atoms with Gasteiger partial charge < -0.3 is 4.57 Å². The Labute approximate surface area is 175 Å². The number of halogens is 1. The summed E-state index contributed by atoms with van der Waals surface area (Å²) < 4.78 is 2.86. The van der Waals surface area contributed by atoms with Crippen LogP contribution in [0, 0.1) is 6.92 Å². The van der Waals surface area contributed by atoms with Crippen molar-refractivity contribution in [3.8, 4) is 0 Å². The fraction of sp³-hybridized carbons (Fsp3) is 0.0952. The van der Waals surface area contributed by atoms with Gasteiger partial charge in [0.15, 0.2) is 5.11 Å². The highest BCUT2D eigenvalue weighted by Gasteiger charge is 2.35. The average Bonchev–Trinajstić information content (AvgIpc) is 2.90. The first-order valence-electron chi connectivity index (χ1n) is 8.59. The molecule has 1 aromatic heterocycles. The molecule has 7 heteroatoms. The van der Waals surface area contributed by atoms with Crippen LogP contribution in [0.1, 0.15) is 11.3 Å². The Balaban J connectivity index is 1.86. The van der Waals surface area contributed by atoms with Crippen molar-refractivity contribution >= 4 is 67.7 Å². The van der Waals surface area contributed by atoms with E-state index in [0.717, 1.165) is 26.6 Å². The summed E-state index contributed by atoms with van der Waals surface area (Å²) in [6, 6.07) is 15.1. The van der Waals surface area contributed by atoms with E-state index in [1.54, 1.807) is 18.2 Å². The van der Waals surface area contributed by atoms with Crippen molar-refractivity contribution in [3.05, 3.63) is 69.8 Å². The molecule has 1 aliphatic heterocycles. The lowest BCUT2D eigenvalue weighted by Crippen LogP contribution is -2.54. The molecular formula is C21H16BrN3O2S. The number of para-hydroxylation sites is 1. The molecule has 2 amide bonds. The van der Waals surface area contributed by atoms with E-state index in [1.807, 2.05) is 54.9 Å². The van der Waals surface area contributed by atoms with Gasteiger partial charge in [0.05, 0.1) is 5.69 Å². The molecule has 140 valence electrons. The van der Waals surface area contributed by atoms with E-state index in [4.69, 9.17) is 12.2 Å². The Morgan fingerprint density at radius 3 is 2.61 bits per heavy atom. The lowest BCUT2D eigenvalue weighted by atomic mass is 10.0. The molecule has 28 heavy (non-hydrogen) atoms. The van der Waals surface area contributed by atoms with Crippen LogP contribution in [-0.2, 0) is 16.6 Å². The van der Waals surface area contributed by atoms with Gasteiger partial charge in [0.2, 0.25) is 0 Å². The third kappa shape index (κ3) is 2.96. The zero-order valence-corrected chi connectivity index (χ0v) is 17.6. The van der Waals surface area contributed by atoms with Crippen molar-refractivity contribution in [2.24, 2.45) is 7.05 Å². The number of thiocarbonyl (C=S) groups is 1. The van der Waals surface area contributed by atoms with Crippen LogP contribution in [-0.4, -0.2) is 21.5 Å². The average molecular weight is 454 g/mol. The van der Waals surface area contributed by atoms with Crippen molar-refractivity contribution in [2.75, 3.05) is 4.90 Å². The van der Waals surface area contributed by atoms with Crippen LogP contribution >= 0.6 is 28.1 Å². The first-order chi connectivity index (χ1) is 13.4. The molecule has 2 heterocycles. The lowest BCUT2D eigenvalue weighted by molar-refractivity contribution is -0.122. The fourth-order valence-electron chi connectivity index (χ4n) is 3.38. The number of aryl methyl sites for hydroxylation is 1. The quantitative estimate of drug-likeness (QED) is 0.361. The number of nitrogens with one attached hydrogen (secondary N) is 1. The molecule has 1 saturated heterocycles. The zero-order chi connectivity index (χ0) is 20.0. The Hall–Kier alpha value is -2.77. The van der Waals surface area contributed by atoms with Crippen molar-refractivity contribution in [3.63, 3.8) is 0 Å². The second-order valence-electron chi connectivity index (χ2n) is 6.51. The smallest absolute Gasteiger partial charge is 0.270 e. The molecular weight excluding hydrogens is 438 g/mol. The summed E-state index contributed by atoms with van der Waals surface area (Å²) in [5.41, 5.74) is 3.49. The predicted molar refractivity (Wildman–Crippen MR) is 118 cm³/mol. The number of hydrogen-bond donors (Lipinski definition) is 1. The predicted octanol–water partition coefficient (Wildman–Crippen LogP) is 4.08. The number of aromatic nitrogens is 1. The van der Waals surface area contributed by atoms with Gasteiger partial charge in [0.1, 0.15) is 5.57 Å². The first kappa shape index (κ1) is 18.6. The minimum atomic E-state index is -0.492. The Kier molecular flexibility index (Phi) is 4.64. The third-order valence-electron chi connectivity index (χ3n) is 4.91. The van der Waals surface area contributed by atoms with Crippen molar-refractivity contribution in [1.29, 1.82) is 0 Å². The summed E-state index contributed by atoms with van der Waals surface area (Å²) >= 11 is 8.66. The van der Waals surface area contributed by atoms with Gasteiger partial charge in [-0.15, -0.1) is 0 Å². The molecule has 0 bridgehead atoms. The van der Waals surface area contributed by atoms with E-state index >= 15 is 0 Å². The third-order valence-corrected chi connectivity index (χ3v) is 5.68. The van der Waals surface area contributed by atoms with Gasteiger partial charge >= 0.3 is 0 Å². The van der Waals surface area contributed by atoms with E-state index in [9.17, 15) is 9.59 Å². The standard InChI is InChI=1S/C21H16BrN3O2S/c1-12-16(15-8-3-4-9-18(15)24(12)2)11-17-19(26)23-21(28)25(20(17)27)14-7-5-6-13(22)10-14/h3-11H,1-2H3,(H,23,26,28)/b17-11-. The maximum absolute atomic E-state index is 13.2. The van der Waals surface area contributed by atoms with Crippen LogP contribution in [0.25, 0.3) is 17.0 Å². The second-order valence-corrected chi connectivity index (χ2v) is 7.82. The summed E-state index contributed by atoms with van der Waals surface area (Å²) in [7, 11) is 1.96. The van der Waals surface area contributed by atoms with E-state index in [0.29, 0.717) is 5.69 Å². The molecule has 0 atom stereocenters. The second kappa shape index (κ2) is 7.00. The molecule has 0 spiro atoms. The summed E-state index contributed by atoms with van der Waals surface area (Å²) in [6.45, 7) is 1.97. The molecule has 0 radical (unpaired) electrons. The number of carbonyl (C=O) groups excluding carboxylic acids is 2. The van der Waals surface area contributed by atoms with E-state index in [-0.39, 0.29) is 10.7 Å². The van der Waals surface area contributed by atoms with E-state index in [1.165, 1.54) is 4.90 Å². The number of carbonyl (C=O) groups is 2. The van der Waals surface area contributed by atoms with Gasteiger partial charge in [-0.05, 0) is 49.5 Å². The number of hydrogen-bond acceptors (Lipinski definition) is 3. The molecule has 3 aromatic rings. The minimum absolute atomic E-state index is 0.0491. The van der Waals surface area contributed by atoms with Crippen LogP contribution in [0.3, 0.4) is 0 Å². The first-order valence-corrected chi connectivity index (χ1v) is 9.79. The van der Waals surface area contributed by atoms with Crippen molar-refractivity contribution in [2.45, 2.75) is 6.92 Å². The Morgan fingerprint density at radius 1 is 1.11 bits per heavy atom. The summed E-state index contributed by atoms with van der Waals surface area (Å²) in [5, 5.41) is 3.68. The summed E-state index contributed by atoms with van der Waals surface area (Å²) in [4.78, 5) is 27.1. The fourth-order valence-corrected chi connectivity index (χ4v) is 4.05. The maximum atomic E-state index is 13.2. The molecule has 0 aliphatic carbocycles. The monoisotopic (exact) mass is 453 g/mol.